The second-order valence-electron chi connectivity index (χ2n) is 12.1. The fourth-order valence-corrected chi connectivity index (χ4v) is 6.05. The van der Waals surface area contributed by atoms with E-state index in [2.05, 4.69) is 50.7 Å². The van der Waals surface area contributed by atoms with Gasteiger partial charge >= 0.3 is 0 Å². The highest BCUT2D eigenvalue weighted by Gasteiger charge is 2.22. The van der Waals surface area contributed by atoms with E-state index in [-0.39, 0.29) is 61.9 Å². The van der Waals surface area contributed by atoms with Crippen molar-refractivity contribution in [3.8, 4) is 22.5 Å². The monoisotopic (exact) mass is 806 g/mol. The molecule has 0 fully saturated rings. The minimum Gasteiger partial charge on any atom is -0.339 e. The standard InChI is InChI=1S/C18H12ClF3N6O.C18H13F3N6O/c1-28-17(23-7-24-28)18(29)26-12-5-4-10-13(19)14(27-16(10)25-12)11-6-8(20)2-3-9(11)15(21)22;1-27-17(22-8-23-27)18(28)26-14-5-2-9-6-13(24-16(9)25-14)12-7-10(19)3-4-11(12)15(20)21/h2-7,15H,1H3,(H2,25,26,27,29);2-8,15H,1H3,(H2,24,25,26,28). The van der Waals surface area contributed by atoms with E-state index in [0.29, 0.717) is 22.1 Å². The van der Waals surface area contributed by atoms with E-state index in [1.807, 2.05) is 0 Å². The molecular formula is C36H25ClF6N12O2. The number of pyridine rings is 2. The van der Waals surface area contributed by atoms with Crippen LogP contribution in [0.3, 0.4) is 0 Å². The number of nitrogens with one attached hydrogen (secondary N) is 4. The van der Waals surface area contributed by atoms with Gasteiger partial charge in [-0.05, 0) is 66.7 Å². The van der Waals surface area contributed by atoms with E-state index in [1.54, 1.807) is 38.4 Å². The summed E-state index contributed by atoms with van der Waals surface area (Å²) in [7, 11) is 3.14. The fourth-order valence-electron chi connectivity index (χ4n) is 5.75. The highest BCUT2D eigenvalue weighted by atomic mass is 35.5. The summed E-state index contributed by atoms with van der Waals surface area (Å²) < 4.78 is 83.1. The summed E-state index contributed by atoms with van der Waals surface area (Å²) in [6.45, 7) is 0. The maximum Gasteiger partial charge on any atom is 0.294 e. The number of halogens is 7. The summed E-state index contributed by atoms with van der Waals surface area (Å²) in [6.07, 6.45) is -3.08. The first-order valence-corrected chi connectivity index (χ1v) is 16.8. The molecule has 57 heavy (non-hydrogen) atoms. The van der Waals surface area contributed by atoms with Crippen LogP contribution < -0.4 is 10.6 Å². The Balaban J connectivity index is 0.000000174. The topological polar surface area (TPSA) is 177 Å². The molecule has 2 aromatic carbocycles. The number of aromatic nitrogens is 10. The predicted octanol–water partition coefficient (Wildman–Crippen LogP) is 8.03. The van der Waals surface area contributed by atoms with Gasteiger partial charge in [0.05, 0.1) is 10.7 Å². The van der Waals surface area contributed by atoms with Gasteiger partial charge in [0.25, 0.3) is 24.7 Å². The molecule has 2 amide bonds. The summed E-state index contributed by atoms with van der Waals surface area (Å²) in [5.74, 6) is -1.71. The number of rotatable bonds is 8. The maximum atomic E-state index is 13.7. The molecule has 8 rings (SSSR count). The number of hydrogen-bond donors (Lipinski definition) is 4. The molecule has 0 saturated heterocycles. The zero-order chi connectivity index (χ0) is 40.5. The van der Waals surface area contributed by atoms with Crippen LogP contribution in [0.25, 0.3) is 44.6 Å². The van der Waals surface area contributed by atoms with Crippen molar-refractivity contribution >= 4 is 57.1 Å². The highest BCUT2D eigenvalue weighted by Crippen LogP contribution is 2.39. The Morgan fingerprint density at radius 1 is 0.684 bits per heavy atom. The Bertz CT molecular complexity index is 2800. The van der Waals surface area contributed by atoms with E-state index < -0.39 is 36.3 Å². The molecule has 14 nitrogen and oxygen atoms in total. The lowest BCUT2D eigenvalue weighted by Crippen LogP contribution is -2.18. The molecule has 8 aromatic rings. The van der Waals surface area contributed by atoms with Gasteiger partial charge in [-0.3, -0.25) is 9.59 Å². The molecule has 21 heteroatoms. The van der Waals surface area contributed by atoms with Gasteiger partial charge in [-0.1, -0.05) is 11.6 Å². The first-order chi connectivity index (χ1) is 27.3. The minimum absolute atomic E-state index is 0.0534. The molecule has 0 saturated carbocycles. The Hall–Kier alpha value is -7.09. The second-order valence-corrected chi connectivity index (χ2v) is 12.5. The maximum absolute atomic E-state index is 13.7. The summed E-state index contributed by atoms with van der Waals surface area (Å²) >= 11 is 6.33. The number of fused-ring (bicyclic) bond motifs is 2. The van der Waals surface area contributed by atoms with Crippen molar-refractivity contribution in [3.05, 3.63) is 119 Å². The van der Waals surface area contributed by atoms with Crippen LogP contribution >= 0.6 is 11.6 Å². The van der Waals surface area contributed by atoms with Crippen LogP contribution in [0.1, 0.15) is 45.2 Å². The van der Waals surface area contributed by atoms with Gasteiger partial charge in [-0.2, -0.15) is 10.2 Å². The third kappa shape index (κ3) is 7.87. The van der Waals surface area contributed by atoms with Gasteiger partial charge in [0.15, 0.2) is 0 Å². The highest BCUT2D eigenvalue weighted by molar-refractivity contribution is 6.38. The molecule has 0 aliphatic heterocycles. The van der Waals surface area contributed by atoms with Crippen molar-refractivity contribution in [1.82, 2.24) is 49.5 Å². The first-order valence-electron chi connectivity index (χ1n) is 16.4. The van der Waals surface area contributed by atoms with E-state index in [0.717, 1.165) is 36.4 Å². The number of aromatic amines is 2. The number of aryl methyl sites for hydroxylation is 2. The number of carbonyl (C=O) groups is 2. The molecule has 0 radical (unpaired) electrons. The molecule has 0 aliphatic rings. The summed E-state index contributed by atoms with van der Waals surface area (Å²) in [4.78, 5) is 46.4. The number of carbonyl (C=O) groups excluding carboxylic acids is 2. The van der Waals surface area contributed by atoms with Crippen molar-refractivity contribution in [2.24, 2.45) is 14.1 Å². The molecular weight excluding hydrogens is 782 g/mol. The van der Waals surface area contributed by atoms with E-state index in [1.165, 1.54) is 28.1 Å². The number of hydrogen-bond acceptors (Lipinski definition) is 8. The smallest absolute Gasteiger partial charge is 0.294 e. The zero-order valence-electron chi connectivity index (χ0n) is 29.2. The van der Waals surface area contributed by atoms with Gasteiger partial charge < -0.3 is 20.6 Å². The zero-order valence-corrected chi connectivity index (χ0v) is 30.0. The molecule has 0 unspecified atom stereocenters. The average molecular weight is 807 g/mol. The van der Waals surface area contributed by atoms with Gasteiger partial charge in [0.1, 0.15) is 47.2 Å². The molecule has 6 aromatic heterocycles. The normalized spacial score (nSPS) is 11.4. The van der Waals surface area contributed by atoms with Crippen molar-refractivity contribution in [2.45, 2.75) is 12.9 Å². The van der Waals surface area contributed by atoms with Crippen molar-refractivity contribution in [3.63, 3.8) is 0 Å². The lowest BCUT2D eigenvalue weighted by molar-refractivity contribution is 0.100. The summed E-state index contributed by atoms with van der Waals surface area (Å²) in [5, 5.41) is 14.0. The molecule has 0 spiro atoms. The Morgan fingerprint density at radius 3 is 1.75 bits per heavy atom. The molecule has 290 valence electrons. The van der Waals surface area contributed by atoms with Crippen LogP contribution in [0.4, 0.5) is 38.0 Å². The van der Waals surface area contributed by atoms with Gasteiger partial charge in [0.2, 0.25) is 11.6 Å². The molecule has 0 atom stereocenters. The third-order valence-electron chi connectivity index (χ3n) is 8.45. The fraction of sp³-hybridized carbons (Fsp3) is 0.111. The summed E-state index contributed by atoms with van der Waals surface area (Å²) in [5.41, 5.74) is 0.347. The number of benzene rings is 2. The van der Waals surface area contributed by atoms with Crippen molar-refractivity contribution in [2.75, 3.05) is 10.6 Å². The minimum atomic E-state index is -2.82. The van der Waals surface area contributed by atoms with E-state index in [4.69, 9.17) is 11.6 Å². The molecule has 6 heterocycles. The van der Waals surface area contributed by atoms with Gasteiger partial charge in [-0.25, -0.2) is 55.6 Å². The van der Waals surface area contributed by atoms with Crippen LogP contribution in [-0.4, -0.2) is 61.3 Å². The van der Waals surface area contributed by atoms with Crippen LogP contribution in [0.5, 0.6) is 0 Å². The Kier molecular flexibility index (Phi) is 10.4. The van der Waals surface area contributed by atoms with E-state index >= 15 is 0 Å². The Morgan fingerprint density at radius 2 is 1.21 bits per heavy atom. The third-order valence-corrected chi connectivity index (χ3v) is 8.84. The molecule has 0 aliphatic carbocycles. The molecule has 4 N–H and O–H groups in total. The van der Waals surface area contributed by atoms with E-state index in [9.17, 15) is 35.9 Å². The number of alkyl halides is 4. The van der Waals surface area contributed by atoms with Crippen LogP contribution in [0.15, 0.2) is 79.4 Å². The van der Waals surface area contributed by atoms with Gasteiger partial charge in [-0.15, -0.1) is 0 Å². The Labute approximate surface area is 321 Å². The number of anilines is 2. The van der Waals surface area contributed by atoms with Crippen molar-refractivity contribution in [1.29, 1.82) is 0 Å². The quantitative estimate of drug-likeness (QED) is 0.112. The SMILES string of the molecule is Cn1ncnc1C(=O)Nc1ccc2c(Cl)c(-c3cc(F)ccc3C(F)F)[nH]c2n1.Cn1ncnc1C(=O)Nc1ccc2cc(-c3cc(F)ccc3C(F)F)[nH]c2n1. The second kappa shape index (κ2) is 15.6. The lowest BCUT2D eigenvalue weighted by atomic mass is 10.0. The van der Waals surface area contributed by atoms with Crippen LogP contribution in [0, 0.1) is 11.6 Å². The number of nitrogens with zero attached hydrogens (tertiary/aromatic N) is 8. The number of H-pyrrole nitrogens is 2. The van der Waals surface area contributed by atoms with Crippen LogP contribution in [0.2, 0.25) is 5.02 Å². The first kappa shape index (κ1) is 38.2. The van der Waals surface area contributed by atoms with Crippen LogP contribution in [-0.2, 0) is 14.1 Å². The number of amides is 2. The summed E-state index contributed by atoms with van der Waals surface area (Å²) in [6, 6.07) is 13.9. The predicted molar refractivity (Wildman–Crippen MR) is 196 cm³/mol. The molecule has 0 bridgehead atoms. The van der Waals surface area contributed by atoms with Crippen molar-refractivity contribution < 1.29 is 35.9 Å². The largest absolute Gasteiger partial charge is 0.339 e. The van der Waals surface area contributed by atoms with Gasteiger partial charge in [0, 0.05) is 52.8 Å². The lowest BCUT2D eigenvalue weighted by Gasteiger charge is -2.08. The average Bonchev–Trinajstić information content (AvgIpc) is 3.97.